The lowest BCUT2D eigenvalue weighted by Crippen LogP contribution is -2.36. The number of aromatic nitrogens is 1. The lowest BCUT2D eigenvalue weighted by Gasteiger charge is -2.11. The van der Waals surface area contributed by atoms with Crippen molar-refractivity contribution in [3.63, 3.8) is 0 Å². The number of hydrogen-bond donors (Lipinski definition) is 2. The SMILES string of the molecule is CCNC(=NCc1ccnc(OCC2CC2)c1)NCc1ccc(C)s1.I. The first-order chi connectivity index (χ1) is 12.2. The summed E-state index contributed by atoms with van der Waals surface area (Å²) in [5.74, 6) is 2.26. The van der Waals surface area contributed by atoms with Gasteiger partial charge in [-0.3, -0.25) is 0 Å². The van der Waals surface area contributed by atoms with E-state index in [-0.39, 0.29) is 24.0 Å². The van der Waals surface area contributed by atoms with E-state index in [0.717, 1.165) is 37.1 Å². The molecule has 1 aliphatic rings. The largest absolute Gasteiger partial charge is 0.477 e. The number of nitrogens with one attached hydrogen (secondary N) is 2. The van der Waals surface area contributed by atoms with Gasteiger partial charge in [-0.05, 0) is 56.4 Å². The summed E-state index contributed by atoms with van der Waals surface area (Å²) < 4.78 is 5.74. The first kappa shape index (κ1) is 21.0. The van der Waals surface area contributed by atoms with E-state index in [1.54, 1.807) is 17.5 Å². The molecular formula is C19H27IN4OS. The maximum Gasteiger partial charge on any atom is 0.213 e. The van der Waals surface area contributed by atoms with Crippen LogP contribution in [0.15, 0.2) is 35.5 Å². The van der Waals surface area contributed by atoms with Crippen LogP contribution in [0.3, 0.4) is 0 Å². The highest BCUT2D eigenvalue weighted by Crippen LogP contribution is 2.29. The van der Waals surface area contributed by atoms with Crippen LogP contribution in [0.5, 0.6) is 5.88 Å². The molecule has 142 valence electrons. The Balaban J connectivity index is 0.00000243. The van der Waals surface area contributed by atoms with E-state index in [4.69, 9.17) is 4.74 Å². The molecule has 3 rings (SSSR count). The Morgan fingerprint density at radius 2 is 2.15 bits per heavy atom. The maximum absolute atomic E-state index is 5.74. The molecule has 2 heterocycles. The minimum atomic E-state index is 0. The van der Waals surface area contributed by atoms with E-state index in [2.05, 4.69) is 46.6 Å². The third-order valence-electron chi connectivity index (χ3n) is 3.95. The topological polar surface area (TPSA) is 58.5 Å². The molecule has 0 unspecified atom stereocenters. The predicted octanol–water partition coefficient (Wildman–Crippen LogP) is 4.11. The quantitative estimate of drug-likeness (QED) is 0.335. The number of pyridine rings is 1. The second-order valence-electron chi connectivity index (χ2n) is 6.32. The van der Waals surface area contributed by atoms with Gasteiger partial charge in [0.1, 0.15) is 0 Å². The molecule has 0 amide bonds. The van der Waals surface area contributed by atoms with Crippen molar-refractivity contribution in [1.29, 1.82) is 0 Å². The highest BCUT2D eigenvalue weighted by Gasteiger charge is 2.22. The number of nitrogens with zero attached hydrogens (tertiary/aromatic N) is 2. The lowest BCUT2D eigenvalue weighted by molar-refractivity contribution is 0.288. The van der Waals surface area contributed by atoms with Crippen LogP contribution in [-0.2, 0) is 13.1 Å². The van der Waals surface area contributed by atoms with Crippen molar-refractivity contribution in [3.8, 4) is 5.88 Å². The summed E-state index contributed by atoms with van der Waals surface area (Å²) in [7, 11) is 0. The monoisotopic (exact) mass is 486 g/mol. The van der Waals surface area contributed by atoms with Crippen LogP contribution in [-0.4, -0.2) is 24.1 Å². The molecule has 0 radical (unpaired) electrons. The van der Waals surface area contributed by atoms with Crippen LogP contribution < -0.4 is 15.4 Å². The summed E-state index contributed by atoms with van der Waals surface area (Å²) in [6.07, 6.45) is 4.36. The molecule has 1 aliphatic carbocycles. The van der Waals surface area contributed by atoms with Crippen LogP contribution in [0.2, 0.25) is 0 Å². The highest BCUT2D eigenvalue weighted by atomic mass is 127. The Hall–Kier alpha value is -1.35. The molecule has 26 heavy (non-hydrogen) atoms. The van der Waals surface area contributed by atoms with Gasteiger partial charge < -0.3 is 15.4 Å². The fourth-order valence-electron chi connectivity index (χ4n) is 2.38. The molecule has 0 atom stereocenters. The number of hydrogen-bond acceptors (Lipinski definition) is 4. The Morgan fingerprint density at radius 1 is 1.31 bits per heavy atom. The first-order valence-electron chi connectivity index (χ1n) is 8.88. The van der Waals surface area contributed by atoms with E-state index in [1.807, 2.05) is 12.1 Å². The van der Waals surface area contributed by atoms with Crippen molar-refractivity contribution >= 4 is 41.3 Å². The van der Waals surface area contributed by atoms with Gasteiger partial charge in [-0.25, -0.2) is 9.98 Å². The van der Waals surface area contributed by atoms with Crippen LogP contribution in [0, 0.1) is 12.8 Å². The predicted molar refractivity (Wildman–Crippen MR) is 119 cm³/mol. The Morgan fingerprint density at radius 3 is 2.85 bits per heavy atom. The summed E-state index contributed by atoms with van der Waals surface area (Å²) >= 11 is 1.81. The van der Waals surface area contributed by atoms with Gasteiger partial charge in [-0.1, -0.05) is 0 Å². The van der Waals surface area contributed by atoms with Crippen molar-refractivity contribution in [1.82, 2.24) is 15.6 Å². The van der Waals surface area contributed by atoms with Gasteiger partial charge in [0.15, 0.2) is 5.96 Å². The molecule has 2 N–H and O–H groups in total. The summed E-state index contributed by atoms with van der Waals surface area (Å²) in [4.78, 5) is 11.6. The van der Waals surface area contributed by atoms with Gasteiger partial charge in [-0.2, -0.15) is 0 Å². The van der Waals surface area contributed by atoms with Crippen molar-refractivity contribution < 1.29 is 4.74 Å². The molecule has 2 aromatic rings. The van der Waals surface area contributed by atoms with Gasteiger partial charge in [0.25, 0.3) is 0 Å². The van der Waals surface area contributed by atoms with Crippen LogP contribution >= 0.6 is 35.3 Å². The molecule has 0 saturated heterocycles. The molecule has 5 nitrogen and oxygen atoms in total. The minimum absolute atomic E-state index is 0. The van der Waals surface area contributed by atoms with Gasteiger partial charge in [0.2, 0.25) is 5.88 Å². The van der Waals surface area contributed by atoms with Gasteiger partial charge in [0.05, 0.1) is 19.7 Å². The number of aryl methyl sites for hydroxylation is 1. The van der Waals surface area contributed by atoms with E-state index in [1.165, 1.54) is 22.6 Å². The second kappa shape index (κ2) is 10.7. The molecule has 0 spiro atoms. The molecule has 2 aromatic heterocycles. The average molecular weight is 486 g/mol. The van der Waals surface area contributed by atoms with Crippen molar-refractivity contribution in [3.05, 3.63) is 45.8 Å². The highest BCUT2D eigenvalue weighted by molar-refractivity contribution is 14.0. The van der Waals surface area contributed by atoms with Crippen LogP contribution in [0.4, 0.5) is 0 Å². The normalized spacial score (nSPS) is 13.8. The zero-order valence-electron chi connectivity index (χ0n) is 15.3. The maximum atomic E-state index is 5.74. The Labute approximate surface area is 176 Å². The smallest absolute Gasteiger partial charge is 0.213 e. The van der Waals surface area contributed by atoms with Gasteiger partial charge in [0, 0.05) is 28.6 Å². The van der Waals surface area contributed by atoms with Gasteiger partial charge >= 0.3 is 0 Å². The number of thiophene rings is 1. The zero-order chi connectivity index (χ0) is 17.5. The Bertz CT molecular complexity index is 715. The first-order valence-corrected chi connectivity index (χ1v) is 9.70. The third kappa shape index (κ3) is 7.11. The number of halogens is 1. The van der Waals surface area contributed by atoms with E-state index in [9.17, 15) is 0 Å². The fraction of sp³-hybridized carbons (Fsp3) is 0.474. The number of aliphatic imine (C=N–C) groups is 1. The molecule has 1 fully saturated rings. The number of rotatable bonds is 8. The summed E-state index contributed by atoms with van der Waals surface area (Å²) in [6, 6.07) is 8.27. The zero-order valence-corrected chi connectivity index (χ0v) is 18.5. The Kier molecular flexibility index (Phi) is 8.64. The third-order valence-corrected chi connectivity index (χ3v) is 4.95. The molecule has 7 heteroatoms. The summed E-state index contributed by atoms with van der Waals surface area (Å²) in [6.45, 7) is 7.20. The standard InChI is InChI=1S/C19H26N4OS.HI/c1-3-20-19(23-12-17-7-4-14(2)25-17)22-11-16-8-9-21-18(10-16)24-13-15-5-6-15;/h4,7-10,15H,3,5-6,11-13H2,1-2H3,(H2,20,22,23);1H. The molecule has 0 aromatic carbocycles. The average Bonchev–Trinajstić information content (AvgIpc) is 3.36. The summed E-state index contributed by atoms with van der Waals surface area (Å²) in [5, 5.41) is 6.68. The minimum Gasteiger partial charge on any atom is -0.477 e. The molecule has 1 saturated carbocycles. The van der Waals surface area contributed by atoms with Crippen LogP contribution in [0.25, 0.3) is 0 Å². The number of ether oxygens (including phenoxy) is 1. The molecule has 0 bridgehead atoms. The second-order valence-corrected chi connectivity index (χ2v) is 7.69. The van der Waals surface area contributed by atoms with Gasteiger partial charge in [-0.15, -0.1) is 35.3 Å². The number of guanidine groups is 1. The van der Waals surface area contributed by atoms with Crippen molar-refractivity contribution in [2.75, 3.05) is 13.2 Å². The van der Waals surface area contributed by atoms with Crippen molar-refractivity contribution in [2.24, 2.45) is 10.9 Å². The fourth-order valence-corrected chi connectivity index (χ4v) is 3.21. The van der Waals surface area contributed by atoms with Crippen LogP contribution in [0.1, 0.15) is 35.1 Å². The lowest BCUT2D eigenvalue weighted by atomic mass is 10.3. The van der Waals surface area contributed by atoms with E-state index < -0.39 is 0 Å². The van der Waals surface area contributed by atoms with E-state index >= 15 is 0 Å². The summed E-state index contributed by atoms with van der Waals surface area (Å²) in [5.41, 5.74) is 1.10. The van der Waals surface area contributed by atoms with E-state index in [0.29, 0.717) is 12.4 Å². The molecular weight excluding hydrogens is 459 g/mol. The molecule has 0 aliphatic heterocycles. The van der Waals surface area contributed by atoms with Crippen molar-refractivity contribution in [2.45, 2.75) is 39.8 Å².